The molecule has 14 heavy (non-hydrogen) atoms. The van der Waals surface area contributed by atoms with Crippen LogP contribution >= 0.6 is 0 Å². The largest absolute Gasteiger partial charge is 0.388 e. The fourth-order valence-corrected chi connectivity index (χ4v) is 2.08. The molecule has 2 heteroatoms. The van der Waals surface area contributed by atoms with Crippen LogP contribution in [0.1, 0.15) is 18.4 Å². The molecule has 0 amide bonds. The Morgan fingerprint density at radius 3 is 2.64 bits per heavy atom. The minimum absolute atomic E-state index is 1.09. The zero-order chi connectivity index (χ0) is 9.80. The molecule has 1 aliphatic rings. The summed E-state index contributed by atoms with van der Waals surface area (Å²) in [6, 6.07) is 8.56. The van der Waals surface area contributed by atoms with Crippen LogP contribution in [0.15, 0.2) is 24.3 Å². The summed E-state index contributed by atoms with van der Waals surface area (Å²) < 4.78 is 0. The Bertz CT molecular complexity index is 290. The molecule has 0 bridgehead atoms. The van der Waals surface area contributed by atoms with Crippen molar-refractivity contribution in [1.82, 2.24) is 4.90 Å². The van der Waals surface area contributed by atoms with Gasteiger partial charge in [-0.1, -0.05) is 18.2 Å². The molecule has 0 spiro atoms. The maximum atomic E-state index is 3.24. The van der Waals surface area contributed by atoms with Crippen LogP contribution in [0.4, 0.5) is 5.69 Å². The van der Waals surface area contributed by atoms with E-state index < -0.39 is 0 Å². The predicted octanol–water partition coefficient (Wildman–Crippen LogP) is 2.32. The van der Waals surface area contributed by atoms with Crippen LogP contribution in [0.2, 0.25) is 0 Å². The lowest BCUT2D eigenvalue weighted by Crippen LogP contribution is -2.19. The van der Waals surface area contributed by atoms with E-state index in [1.54, 1.807) is 0 Å². The van der Waals surface area contributed by atoms with E-state index in [4.69, 9.17) is 0 Å². The van der Waals surface area contributed by atoms with E-state index in [2.05, 4.69) is 34.5 Å². The van der Waals surface area contributed by atoms with Crippen molar-refractivity contribution in [1.29, 1.82) is 0 Å². The minimum atomic E-state index is 1.09. The molecule has 0 radical (unpaired) electrons. The number of nitrogens with zero attached hydrogens (tertiary/aromatic N) is 1. The monoisotopic (exact) mass is 190 g/mol. The van der Waals surface area contributed by atoms with Crippen LogP contribution in [-0.2, 0) is 6.54 Å². The van der Waals surface area contributed by atoms with E-state index in [0.29, 0.717) is 0 Å². The molecule has 1 N–H and O–H groups in total. The van der Waals surface area contributed by atoms with Crippen LogP contribution in [-0.4, -0.2) is 25.0 Å². The van der Waals surface area contributed by atoms with Crippen LogP contribution in [0.3, 0.4) is 0 Å². The van der Waals surface area contributed by atoms with Crippen LogP contribution < -0.4 is 5.32 Å². The maximum Gasteiger partial charge on any atom is 0.0383 e. The van der Waals surface area contributed by atoms with Crippen LogP contribution in [0.25, 0.3) is 0 Å². The average molecular weight is 190 g/mol. The summed E-state index contributed by atoms with van der Waals surface area (Å²) in [5.74, 6) is 0. The second kappa shape index (κ2) is 4.47. The summed E-state index contributed by atoms with van der Waals surface area (Å²) in [5.41, 5.74) is 2.68. The normalized spacial score (nSPS) is 17.2. The van der Waals surface area contributed by atoms with Gasteiger partial charge in [0.1, 0.15) is 0 Å². The molecule has 0 aromatic heterocycles. The zero-order valence-corrected chi connectivity index (χ0v) is 8.79. The molecular formula is C12H18N2. The third-order valence-electron chi connectivity index (χ3n) is 2.88. The second-order valence-corrected chi connectivity index (χ2v) is 3.89. The smallest absolute Gasteiger partial charge is 0.0383 e. The Morgan fingerprint density at radius 2 is 1.93 bits per heavy atom. The number of likely N-dealkylation sites (tertiary alicyclic amines) is 1. The van der Waals surface area contributed by atoms with Gasteiger partial charge in [-0.05, 0) is 37.6 Å². The van der Waals surface area contributed by atoms with Gasteiger partial charge in [0.15, 0.2) is 0 Å². The van der Waals surface area contributed by atoms with Gasteiger partial charge in [0.05, 0.1) is 0 Å². The van der Waals surface area contributed by atoms with Gasteiger partial charge >= 0.3 is 0 Å². The molecule has 1 aromatic rings. The van der Waals surface area contributed by atoms with Crippen molar-refractivity contribution in [3.63, 3.8) is 0 Å². The van der Waals surface area contributed by atoms with Gasteiger partial charge in [0.25, 0.3) is 0 Å². The topological polar surface area (TPSA) is 15.3 Å². The molecule has 0 unspecified atom stereocenters. The Labute approximate surface area is 85.9 Å². The standard InChI is InChI=1S/C12H18N2/c1-13-12-7-3-2-6-11(12)10-14-8-4-5-9-14/h2-3,6-7,13H,4-5,8-10H2,1H3. The van der Waals surface area contributed by atoms with Gasteiger partial charge in [0, 0.05) is 19.3 Å². The fraction of sp³-hybridized carbons (Fsp3) is 0.500. The minimum Gasteiger partial charge on any atom is -0.388 e. The number of rotatable bonds is 3. The first kappa shape index (κ1) is 9.53. The van der Waals surface area contributed by atoms with Crippen molar-refractivity contribution in [3.8, 4) is 0 Å². The number of benzene rings is 1. The lowest BCUT2D eigenvalue weighted by atomic mass is 10.1. The number of nitrogens with one attached hydrogen (secondary N) is 1. The van der Waals surface area contributed by atoms with Gasteiger partial charge in [-0.2, -0.15) is 0 Å². The third kappa shape index (κ3) is 2.07. The van der Waals surface area contributed by atoms with Gasteiger partial charge in [-0.25, -0.2) is 0 Å². The Hall–Kier alpha value is -1.02. The number of para-hydroxylation sites is 1. The Balaban J connectivity index is 2.07. The number of hydrogen-bond acceptors (Lipinski definition) is 2. The highest BCUT2D eigenvalue weighted by molar-refractivity contribution is 5.50. The molecule has 76 valence electrons. The summed E-state index contributed by atoms with van der Waals surface area (Å²) >= 11 is 0. The van der Waals surface area contributed by atoms with Crippen molar-refractivity contribution < 1.29 is 0 Å². The second-order valence-electron chi connectivity index (χ2n) is 3.89. The molecule has 2 rings (SSSR count). The highest BCUT2D eigenvalue weighted by atomic mass is 15.1. The first-order valence-corrected chi connectivity index (χ1v) is 5.38. The molecule has 1 aliphatic heterocycles. The van der Waals surface area contributed by atoms with E-state index in [1.165, 1.54) is 37.2 Å². The highest BCUT2D eigenvalue weighted by Crippen LogP contribution is 2.18. The van der Waals surface area contributed by atoms with E-state index in [9.17, 15) is 0 Å². The summed E-state index contributed by atoms with van der Waals surface area (Å²) in [6.45, 7) is 3.62. The lowest BCUT2D eigenvalue weighted by molar-refractivity contribution is 0.332. The zero-order valence-electron chi connectivity index (χ0n) is 8.79. The van der Waals surface area contributed by atoms with Crippen molar-refractivity contribution in [2.75, 3.05) is 25.5 Å². The van der Waals surface area contributed by atoms with Gasteiger partial charge in [-0.3, -0.25) is 4.90 Å². The number of anilines is 1. The molecule has 0 saturated carbocycles. The molecule has 1 saturated heterocycles. The van der Waals surface area contributed by atoms with Crippen molar-refractivity contribution >= 4 is 5.69 Å². The summed E-state index contributed by atoms with van der Waals surface area (Å²) in [6.07, 6.45) is 2.73. The van der Waals surface area contributed by atoms with Crippen molar-refractivity contribution in [2.24, 2.45) is 0 Å². The SMILES string of the molecule is CNc1ccccc1CN1CCCC1. The molecule has 1 fully saturated rings. The summed E-state index contributed by atoms with van der Waals surface area (Å²) in [5, 5.41) is 3.24. The number of hydrogen-bond donors (Lipinski definition) is 1. The third-order valence-corrected chi connectivity index (χ3v) is 2.88. The van der Waals surface area contributed by atoms with Crippen molar-refractivity contribution in [2.45, 2.75) is 19.4 Å². The van der Waals surface area contributed by atoms with Gasteiger partial charge in [-0.15, -0.1) is 0 Å². The highest BCUT2D eigenvalue weighted by Gasteiger charge is 2.12. The summed E-state index contributed by atoms with van der Waals surface area (Å²) in [7, 11) is 1.99. The first-order valence-electron chi connectivity index (χ1n) is 5.38. The summed E-state index contributed by atoms with van der Waals surface area (Å²) in [4.78, 5) is 2.52. The molecule has 0 atom stereocenters. The molecule has 2 nitrogen and oxygen atoms in total. The molecular weight excluding hydrogens is 172 g/mol. The average Bonchev–Trinajstić information content (AvgIpc) is 2.71. The van der Waals surface area contributed by atoms with Crippen molar-refractivity contribution in [3.05, 3.63) is 29.8 Å². The van der Waals surface area contributed by atoms with Gasteiger partial charge < -0.3 is 5.32 Å². The van der Waals surface area contributed by atoms with Crippen LogP contribution in [0.5, 0.6) is 0 Å². The van der Waals surface area contributed by atoms with Gasteiger partial charge in [0.2, 0.25) is 0 Å². The molecule has 0 aliphatic carbocycles. The van der Waals surface area contributed by atoms with E-state index >= 15 is 0 Å². The Kier molecular flexibility index (Phi) is 3.04. The molecule has 1 aromatic carbocycles. The first-order chi connectivity index (χ1) is 6.90. The van der Waals surface area contributed by atoms with E-state index in [-0.39, 0.29) is 0 Å². The quantitative estimate of drug-likeness (QED) is 0.787. The Morgan fingerprint density at radius 1 is 1.21 bits per heavy atom. The maximum absolute atomic E-state index is 3.24. The van der Waals surface area contributed by atoms with E-state index in [0.717, 1.165) is 6.54 Å². The van der Waals surface area contributed by atoms with Crippen LogP contribution in [0, 0.1) is 0 Å². The predicted molar refractivity (Wildman–Crippen MR) is 60.5 cm³/mol. The van der Waals surface area contributed by atoms with E-state index in [1.807, 2.05) is 7.05 Å². The molecule has 1 heterocycles. The fourth-order valence-electron chi connectivity index (χ4n) is 2.08. The lowest BCUT2D eigenvalue weighted by Gasteiger charge is -2.17.